The molecule has 2 aliphatic heterocycles. The lowest BCUT2D eigenvalue weighted by molar-refractivity contribution is -0.125. The number of likely N-dealkylation sites (tertiary alicyclic amines) is 2. The summed E-state index contributed by atoms with van der Waals surface area (Å²) in [5, 5.41) is 3.33. The minimum absolute atomic E-state index is 0.0516. The molecule has 30 heavy (non-hydrogen) atoms. The van der Waals surface area contributed by atoms with E-state index in [0.29, 0.717) is 18.8 Å². The highest BCUT2D eigenvalue weighted by Gasteiger charge is 2.25. The first-order chi connectivity index (χ1) is 14.7. The maximum atomic E-state index is 12.5. The molecule has 4 heterocycles. The lowest BCUT2D eigenvalue weighted by Crippen LogP contribution is -2.32. The summed E-state index contributed by atoms with van der Waals surface area (Å²) in [5.74, 6) is 0.0516. The van der Waals surface area contributed by atoms with E-state index in [0.717, 1.165) is 37.2 Å². The van der Waals surface area contributed by atoms with E-state index in [1.807, 2.05) is 29.2 Å². The van der Waals surface area contributed by atoms with Crippen LogP contribution in [0.5, 0.6) is 0 Å². The second-order valence-electron chi connectivity index (χ2n) is 8.04. The van der Waals surface area contributed by atoms with E-state index in [1.165, 1.54) is 19.3 Å². The lowest BCUT2D eigenvalue weighted by atomic mass is 10.1. The number of aromatic nitrogens is 2. The minimum atomic E-state index is -0.154. The lowest BCUT2D eigenvalue weighted by Gasteiger charge is -2.24. The Hall–Kier alpha value is -2.93. The maximum Gasteiger partial charge on any atom is 0.271 e. The van der Waals surface area contributed by atoms with Crippen LogP contribution in [0.1, 0.15) is 25.7 Å². The number of carbonyl (C=O) groups is 1. The minimum Gasteiger partial charge on any atom is -0.376 e. The molecule has 2 N–H and O–H groups in total. The Morgan fingerprint density at radius 3 is 2.77 bits per heavy atom. The second-order valence-corrected chi connectivity index (χ2v) is 8.04. The number of nitrogens with zero attached hydrogens (tertiary/aromatic N) is 3. The van der Waals surface area contributed by atoms with Gasteiger partial charge >= 0.3 is 0 Å². The number of hydrogen-bond donors (Lipinski definition) is 2. The quantitative estimate of drug-likeness (QED) is 0.719. The molecule has 0 unspecified atom stereocenters. The number of amides is 1. The highest BCUT2D eigenvalue weighted by atomic mass is 16.2. The van der Waals surface area contributed by atoms with Gasteiger partial charge in [0.15, 0.2) is 0 Å². The van der Waals surface area contributed by atoms with Gasteiger partial charge in [-0.15, -0.1) is 0 Å². The fourth-order valence-corrected chi connectivity index (χ4v) is 4.15. The molecule has 0 bridgehead atoms. The third-order valence-electron chi connectivity index (χ3n) is 5.85. The van der Waals surface area contributed by atoms with Crippen LogP contribution < -0.4 is 10.9 Å². The van der Waals surface area contributed by atoms with Crippen molar-refractivity contribution in [1.82, 2.24) is 19.8 Å². The van der Waals surface area contributed by atoms with E-state index in [4.69, 9.17) is 0 Å². The highest BCUT2D eigenvalue weighted by molar-refractivity contribution is 5.87. The number of anilines is 1. The molecule has 0 saturated carbocycles. The number of H-pyrrole nitrogens is 1. The van der Waals surface area contributed by atoms with Crippen molar-refractivity contribution < 1.29 is 4.79 Å². The molecule has 7 heteroatoms. The van der Waals surface area contributed by atoms with Crippen LogP contribution in [-0.4, -0.2) is 64.4 Å². The highest BCUT2D eigenvalue weighted by Crippen LogP contribution is 2.20. The van der Waals surface area contributed by atoms with Crippen molar-refractivity contribution in [3.63, 3.8) is 0 Å². The Balaban J connectivity index is 1.32. The molecule has 0 spiro atoms. The molecule has 1 atom stereocenters. The molecule has 0 aromatic carbocycles. The zero-order valence-electron chi connectivity index (χ0n) is 17.2. The van der Waals surface area contributed by atoms with Gasteiger partial charge in [0, 0.05) is 55.9 Å². The molecule has 158 valence electrons. The summed E-state index contributed by atoms with van der Waals surface area (Å²) in [7, 11) is 0. The fraction of sp³-hybridized carbons (Fsp3) is 0.435. The number of pyridine rings is 2. The van der Waals surface area contributed by atoms with Crippen LogP contribution in [0.2, 0.25) is 0 Å². The second kappa shape index (κ2) is 9.71. The molecule has 0 radical (unpaired) electrons. The van der Waals surface area contributed by atoms with Gasteiger partial charge in [0.05, 0.1) is 0 Å². The molecule has 2 fully saturated rings. The number of hydrogen-bond acceptors (Lipinski definition) is 5. The normalized spacial score (nSPS) is 20.0. The van der Waals surface area contributed by atoms with Crippen LogP contribution in [-0.2, 0) is 4.79 Å². The monoisotopic (exact) mass is 407 g/mol. The van der Waals surface area contributed by atoms with Crippen molar-refractivity contribution in [3.05, 3.63) is 59.3 Å². The molecule has 2 saturated heterocycles. The van der Waals surface area contributed by atoms with Crippen LogP contribution in [0.4, 0.5) is 5.69 Å². The molecule has 2 aromatic heterocycles. The Kier molecular flexibility index (Phi) is 6.59. The molecule has 1 amide bonds. The average molecular weight is 408 g/mol. The predicted molar refractivity (Wildman–Crippen MR) is 118 cm³/mol. The Labute approximate surface area is 176 Å². The first-order valence-electron chi connectivity index (χ1n) is 10.8. The molecule has 2 aromatic rings. The summed E-state index contributed by atoms with van der Waals surface area (Å²) in [6.07, 6.45) is 13.5. The molecular formula is C23H29N5O2. The number of rotatable bonds is 6. The van der Waals surface area contributed by atoms with Crippen LogP contribution in [0.15, 0.2) is 53.7 Å². The van der Waals surface area contributed by atoms with E-state index in [-0.39, 0.29) is 17.5 Å². The molecule has 2 aliphatic rings. The number of aromatic amines is 1. The van der Waals surface area contributed by atoms with Gasteiger partial charge in [-0.05, 0) is 56.1 Å². The summed E-state index contributed by atoms with van der Waals surface area (Å²) < 4.78 is 0. The largest absolute Gasteiger partial charge is 0.376 e. The smallest absolute Gasteiger partial charge is 0.271 e. The number of carbonyl (C=O) groups excluding carboxylic acids is 1. The summed E-state index contributed by atoms with van der Waals surface area (Å²) in [5.41, 5.74) is 2.29. The average Bonchev–Trinajstić information content (AvgIpc) is 3.25. The van der Waals surface area contributed by atoms with E-state index < -0.39 is 0 Å². The van der Waals surface area contributed by atoms with E-state index in [1.54, 1.807) is 24.7 Å². The van der Waals surface area contributed by atoms with Crippen molar-refractivity contribution in [2.75, 3.05) is 38.0 Å². The van der Waals surface area contributed by atoms with Crippen LogP contribution in [0.25, 0.3) is 11.1 Å². The summed E-state index contributed by atoms with van der Waals surface area (Å²) in [6, 6.07) is 5.74. The van der Waals surface area contributed by atoms with E-state index in [9.17, 15) is 9.59 Å². The zero-order chi connectivity index (χ0) is 20.8. The first kappa shape index (κ1) is 20.3. The topological polar surface area (TPSA) is 81.3 Å². The van der Waals surface area contributed by atoms with Gasteiger partial charge in [0.1, 0.15) is 5.69 Å². The van der Waals surface area contributed by atoms with Gasteiger partial charge in [-0.1, -0.05) is 12.5 Å². The van der Waals surface area contributed by atoms with Crippen LogP contribution in [0, 0.1) is 0 Å². The summed E-state index contributed by atoms with van der Waals surface area (Å²) in [6.45, 7) is 4.40. The van der Waals surface area contributed by atoms with Gasteiger partial charge in [-0.25, -0.2) is 0 Å². The van der Waals surface area contributed by atoms with E-state index >= 15 is 0 Å². The van der Waals surface area contributed by atoms with Crippen molar-refractivity contribution in [2.45, 2.75) is 31.7 Å². The fourth-order valence-electron chi connectivity index (χ4n) is 4.15. The standard InChI is InChI=1S/C23H29N5O2/c29-22(5-4-13-27-11-2-1-3-12-27)28-14-8-20(17-28)26-21-15-19(16-25-23(21)30)18-6-9-24-10-7-18/h4-7,9-10,15-16,20,26H,1-3,8,11-14,17H2,(H,25,30)/t20-/m1/s1. The predicted octanol–water partition coefficient (Wildman–Crippen LogP) is 2.49. The molecular weight excluding hydrogens is 378 g/mol. The van der Waals surface area contributed by atoms with Crippen LogP contribution in [0.3, 0.4) is 0 Å². The summed E-state index contributed by atoms with van der Waals surface area (Å²) >= 11 is 0. The SMILES string of the molecule is O=C(C=CCN1CCCCC1)N1CC[C@@H](Nc2cc(-c3ccncc3)c[nH]c2=O)C1. The number of nitrogens with one attached hydrogen (secondary N) is 2. The van der Waals surface area contributed by atoms with Crippen molar-refractivity contribution in [2.24, 2.45) is 0 Å². The van der Waals surface area contributed by atoms with Crippen molar-refractivity contribution in [3.8, 4) is 11.1 Å². The van der Waals surface area contributed by atoms with Crippen molar-refractivity contribution in [1.29, 1.82) is 0 Å². The third-order valence-corrected chi connectivity index (χ3v) is 5.85. The number of piperidine rings is 1. The van der Waals surface area contributed by atoms with Gasteiger partial charge in [0.25, 0.3) is 5.56 Å². The third kappa shape index (κ3) is 5.16. The Bertz CT molecular complexity index is 934. The van der Waals surface area contributed by atoms with Gasteiger partial charge < -0.3 is 15.2 Å². The van der Waals surface area contributed by atoms with Gasteiger partial charge in [-0.3, -0.25) is 19.5 Å². The van der Waals surface area contributed by atoms with Gasteiger partial charge in [0.2, 0.25) is 5.91 Å². The maximum absolute atomic E-state index is 12.5. The van der Waals surface area contributed by atoms with Crippen LogP contribution >= 0.6 is 0 Å². The van der Waals surface area contributed by atoms with Crippen molar-refractivity contribution >= 4 is 11.6 Å². The van der Waals surface area contributed by atoms with Gasteiger partial charge in [-0.2, -0.15) is 0 Å². The molecule has 0 aliphatic carbocycles. The van der Waals surface area contributed by atoms with E-state index in [2.05, 4.69) is 20.2 Å². The first-order valence-corrected chi connectivity index (χ1v) is 10.8. The summed E-state index contributed by atoms with van der Waals surface area (Å²) in [4.78, 5) is 35.9. The molecule has 4 rings (SSSR count). The Morgan fingerprint density at radius 1 is 1.17 bits per heavy atom. The zero-order valence-corrected chi connectivity index (χ0v) is 17.2. The molecule has 7 nitrogen and oxygen atoms in total. The Morgan fingerprint density at radius 2 is 1.97 bits per heavy atom.